The van der Waals surface area contributed by atoms with E-state index in [4.69, 9.17) is 5.73 Å². The van der Waals surface area contributed by atoms with E-state index >= 15 is 0 Å². The molecule has 2 N–H and O–H groups in total. The Bertz CT molecular complexity index is 489. The lowest BCUT2D eigenvalue weighted by Gasteiger charge is -2.05. The monoisotopic (exact) mass is 282 g/mol. The normalized spacial score (nSPS) is 12.8. The van der Waals surface area contributed by atoms with Crippen LogP contribution in [0.15, 0.2) is 16.9 Å². The summed E-state index contributed by atoms with van der Waals surface area (Å²) in [5.74, 6) is 1.77. The Morgan fingerprint density at radius 3 is 2.56 bits per heavy atom. The average molecular weight is 283 g/mol. The van der Waals surface area contributed by atoms with Gasteiger partial charge >= 0.3 is 0 Å². The van der Waals surface area contributed by atoms with Crippen molar-refractivity contribution in [2.45, 2.75) is 19.9 Å². The van der Waals surface area contributed by atoms with Gasteiger partial charge in [0.05, 0.1) is 10.5 Å². The lowest BCUT2D eigenvalue weighted by atomic mass is 10.3. The van der Waals surface area contributed by atoms with Crippen molar-refractivity contribution in [1.29, 1.82) is 0 Å². The predicted octanol–water partition coefficient (Wildman–Crippen LogP) is 1.15. The van der Waals surface area contributed by atoms with Crippen LogP contribution in [0.25, 0.3) is 5.95 Å². The van der Waals surface area contributed by atoms with Gasteiger partial charge in [-0.15, -0.1) is 5.10 Å². The van der Waals surface area contributed by atoms with Crippen LogP contribution in [0.3, 0.4) is 0 Å². The van der Waals surface area contributed by atoms with Crippen molar-refractivity contribution in [2.75, 3.05) is 0 Å². The Kier molecular flexibility index (Phi) is 2.97. The molecule has 2 heterocycles. The molecule has 0 saturated carbocycles. The summed E-state index contributed by atoms with van der Waals surface area (Å²) in [5.41, 5.74) is 5.81. The van der Waals surface area contributed by atoms with Crippen LogP contribution in [0.1, 0.15) is 24.6 Å². The molecule has 0 radical (unpaired) electrons. The van der Waals surface area contributed by atoms with Crippen LogP contribution < -0.4 is 5.73 Å². The number of hydrogen-bond donors (Lipinski definition) is 1. The van der Waals surface area contributed by atoms with Crippen LogP contribution in [0.4, 0.5) is 0 Å². The molecule has 0 amide bonds. The number of halogens is 1. The maximum absolute atomic E-state index is 5.81. The van der Waals surface area contributed by atoms with E-state index in [1.54, 1.807) is 24.0 Å². The first-order chi connectivity index (χ1) is 7.58. The lowest BCUT2D eigenvalue weighted by molar-refractivity contribution is 0.668. The average Bonchev–Trinajstić information content (AvgIpc) is 2.61. The van der Waals surface area contributed by atoms with Crippen LogP contribution in [0.2, 0.25) is 0 Å². The quantitative estimate of drug-likeness (QED) is 0.893. The van der Waals surface area contributed by atoms with Gasteiger partial charge in [-0.3, -0.25) is 0 Å². The van der Waals surface area contributed by atoms with Crippen LogP contribution in [0, 0.1) is 6.92 Å². The van der Waals surface area contributed by atoms with Crippen molar-refractivity contribution < 1.29 is 0 Å². The van der Waals surface area contributed by atoms with Gasteiger partial charge in [-0.2, -0.15) is 4.68 Å². The van der Waals surface area contributed by atoms with Crippen LogP contribution >= 0.6 is 15.9 Å². The zero-order valence-electron chi connectivity index (χ0n) is 8.92. The molecule has 6 nitrogen and oxygen atoms in total. The van der Waals surface area contributed by atoms with E-state index in [0.717, 1.165) is 4.47 Å². The van der Waals surface area contributed by atoms with Crippen LogP contribution in [-0.2, 0) is 0 Å². The minimum absolute atomic E-state index is 0.214. The van der Waals surface area contributed by atoms with E-state index in [0.29, 0.717) is 17.6 Å². The molecule has 0 aliphatic carbocycles. The van der Waals surface area contributed by atoms with E-state index in [9.17, 15) is 0 Å². The summed E-state index contributed by atoms with van der Waals surface area (Å²) in [5, 5.41) is 4.22. The van der Waals surface area contributed by atoms with Crippen molar-refractivity contribution in [3.05, 3.63) is 28.5 Å². The fraction of sp³-hybridized carbons (Fsp3) is 0.333. The highest BCUT2D eigenvalue weighted by atomic mass is 79.9. The SMILES string of the molecule is Cc1nc(C(C)N)n(-c2ncc(Br)cn2)n1. The van der Waals surface area contributed by atoms with Gasteiger partial charge in [-0.05, 0) is 29.8 Å². The highest BCUT2D eigenvalue weighted by molar-refractivity contribution is 9.10. The van der Waals surface area contributed by atoms with Crippen molar-refractivity contribution in [1.82, 2.24) is 24.7 Å². The summed E-state index contributed by atoms with van der Waals surface area (Å²) in [6.07, 6.45) is 3.31. The second-order valence-corrected chi connectivity index (χ2v) is 4.33. The van der Waals surface area contributed by atoms with Gasteiger partial charge < -0.3 is 5.73 Å². The predicted molar refractivity (Wildman–Crippen MR) is 62.0 cm³/mol. The van der Waals surface area contributed by atoms with E-state index in [1.165, 1.54) is 0 Å². The van der Waals surface area contributed by atoms with Gasteiger partial charge in [0.15, 0.2) is 5.82 Å². The summed E-state index contributed by atoms with van der Waals surface area (Å²) in [7, 11) is 0. The molecule has 84 valence electrons. The molecule has 2 aromatic heterocycles. The highest BCUT2D eigenvalue weighted by Crippen LogP contribution is 2.12. The molecule has 0 fully saturated rings. The Labute approximate surface area is 101 Å². The minimum atomic E-state index is -0.214. The summed E-state index contributed by atoms with van der Waals surface area (Å²) in [6, 6.07) is -0.214. The molecular weight excluding hydrogens is 272 g/mol. The third kappa shape index (κ3) is 2.10. The lowest BCUT2D eigenvalue weighted by Crippen LogP contribution is -2.15. The second kappa shape index (κ2) is 4.26. The maximum atomic E-state index is 5.81. The maximum Gasteiger partial charge on any atom is 0.252 e. The van der Waals surface area contributed by atoms with Crippen molar-refractivity contribution in [3.63, 3.8) is 0 Å². The Morgan fingerprint density at radius 1 is 1.38 bits per heavy atom. The molecular formula is C9H11BrN6. The first-order valence-corrected chi connectivity index (χ1v) is 5.54. The van der Waals surface area contributed by atoms with Gasteiger partial charge in [0, 0.05) is 12.4 Å². The van der Waals surface area contributed by atoms with Crippen molar-refractivity contribution in [2.24, 2.45) is 5.73 Å². The molecule has 0 aromatic carbocycles. The molecule has 0 spiro atoms. The van der Waals surface area contributed by atoms with Gasteiger partial charge in [0.2, 0.25) is 0 Å². The zero-order chi connectivity index (χ0) is 11.7. The molecule has 7 heteroatoms. The molecule has 2 rings (SSSR count). The summed E-state index contributed by atoms with van der Waals surface area (Å²) >= 11 is 3.28. The standard InChI is InChI=1S/C9H11BrN6/c1-5(11)8-14-6(2)15-16(8)9-12-3-7(10)4-13-9/h3-5H,11H2,1-2H3. The molecule has 1 atom stereocenters. The highest BCUT2D eigenvalue weighted by Gasteiger charge is 2.14. The third-order valence-corrected chi connectivity index (χ3v) is 2.35. The molecule has 2 aromatic rings. The second-order valence-electron chi connectivity index (χ2n) is 3.42. The summed E-state index contributed by atoms with van der Waals surface area (Å²) in [4.78, 5) is 12.5. The van der Waals surface area contributed by atoms with E-state index in [2.05, 4.69) is 36.0 Å². The molecule has 16 heavy (non-hydrogen) atoms. The van der Waals surface area contributed by atoms with Gasteiger partial charge in [-0.25, -0.2) is 15.0 Å². The Hall–Kier alpha value is -1.34. The third-order valence-electron chi connectivity index (χ3n) is 1.94. The van der Waals surface area contributed by atoms with Gasteiger partial charge in [0.25, 0.3) is 5.95 Å². The first-order valence-electron chi connectivity index (χ1n) is 4.75. The van der Waals surface area contributed by atoms with Gasteiger partial charge in [-0.1, -0.05) is 0 Å². The van der Waals surface area contributed by atoms with Crippen molar-refractivity contribution in [3.8, 4) is 5.95 Å². The minimum Gasteiger partial charge on any atom is -0.322 e. The zero-order valence-corrected chi connectivity index (χ0v) is 10.5. The van der Waals surface area contributed by atoms with Crippen molar-refractivity contribution >= 4 is 15.9 Å². The largest absolute Gasteiger partial charge is 0.322 e. The summed E-state index contributed by atoms with van der Waals surface area (Å²) < 4.78 is 2.38. The number of nitrogens with zero attached hydrogens (tertiary/aromatic N) is 5. The van der Waals surface area contributed by atoms with E-state index < -0.39 is 0 Å². The number of hydrogen-bond acceptors (Lipinski definition) is 5. The van der Waals surface area contributed by atoms with Crippen LogP contribution in [0.5, 0.6) is 0 Å². The fourth-order valence-corrected chi connectivity index (χ4v) is 1.49. The molecule has 0 saturated heterocycles. The molecule has 0 aliphatic rings. The number of aryl methyl sites for hydroxylation is 1. The smallest absolute Gasteiger partial charge is 0.252 e. The molecule has 0 aliphatic heterocycles. The van der Waals surface area contributed by atoms with E-state index in [1.807, 2.05) is 6.92 Å². The first kappa shape index (κ1) is 11.2. The number of nitrogens with two attached hydrogens (primary N) is 1. The molecule has 0 bridgehead atoms. The topological polar surface area (TPSA) is 82.5 Å². The van der Waals surface area contributed by atoms with Crippen LogP contribution in [-0.4, -0.2) is 24.7 Å². The fourth-order valence-electron chi connectivity index (χ4n) is 1.29. The molecule has 1 unspecified atom stereocenters. The number of aromatic nitrogens is 5. The summed E-state index contributed by atoms with van der Waals surface area (Å²) in [6.45, 7) is 3.65. The number of rotatable bonds is 2. The Balaban J connectivity index is 2.50. The van der Waals surface area contributed by atoms with E-state index in [-0.39, 0.29) is 6.04 Å². The Morgan fingerprint density at radius 2 is 2.00 bits per heavy atom. The van der Waals surface area contributed by atoms with Gasteiger partial charge in [0.1, 0.15) is 5.82 Å².